The second-order valence-corrected chi connectivity index (χ2v) is 2.94. The number of hydrogen-bond acceptors (Lipinski definition) is 2. The highest BCUT2D eigenvalue weighted by Gasteiger charge is 2.39. The molecule has 0 radical (unpaired) electrons. The summed E-state index contributed by atoms with van der Waals surface area (Å²) in [5, 5.41) is 4.56. The Morgan fingerprint density at radius 3 is 2.47 bits per heavy atom. The van der Waals surface area contributed by atoms with Gasteiger partial charge >= 0.3 is 12.3 Å². The molecule has 0 spiro atoms. The largest absolute Gasteiger partial charge is 0.356 e. The van der Waals surface area contributed by atoms with E-state index in [4.69, 9.17) is 0 Å². The molecule has 0 atom stereocenters. The van der Waals surface area contributed by atoms with Crippen molar-refractivity contribution < 1.29 is 22.4 Å². The quantitative estimate of drug-likeness (QED) is 0.506. The second kappa shape index (κ2) is 6.60. The first-order valence-corrected chi connectivity index (χ1v) is 4.53. The van der Waals surface area contributed by atoms with Crippen LogP contribution in [-0.2, 0) is 4.79 Å². The molecule has 0 aliphatic carbocycles. The highest BCUT2D eigenvalue weighted by molar-refractivity contribution is 5.75. The maximum atomic E-state index is 12.3. The van der Waals surface area contributed by atoms with Gasteiger partial charge in [0.05, 0.1) is 6.54 Å². The molecule has 2 N–H and O–H groups in total. The number of carbonyl (C=O) groups excluding carboxylic acids is 1. The van der Waals surface area contributed by atoms with Crippen LogP contribution in [0.3, 0.4) is 0 Å². The lowest BCUT2D eigenvalue weighted by Gasteiger charge is -2.15. The summed E-state index contributed by atoms with van der Waals surface area (Å²) in [6, 6.07) is 0. The van der Waals surface area contributed by atoms with Crippen molar-refractivity contribution in [1.82, 2.24) is 10.6 Å². The topological polar surface area (TPSA) is 41.1 Å². The average Bonchev–Trinajstić information content (AvgIpc) is 2.13. The number of halogens is 4. The van der Waals surface area contributed by atoms with Crippen LogP contribution in [0.4, 0.5) is 17.6 Å². The predicted octanol–water partition coefficient (Wildman–Crippen LogP) is 1.00. The fourth-order valence-corrected chi connectivity index (χ4v) is 0.820. The first-order chi connectivity index (χ1) is 6.90. The molecule has 0 aromatic heterocycles. The summed E-state index contributed by atoms with van der Waals surface area (Å²) in [6.07, 6.45) is -3.69. The Morgan fingerprint density at radius 1 is 1.40 bits per heavy atom. The van der Waals surface area contributed by atoms with E-state index in [0.29, 0.717) is 6.54 Å². The number of nitrogens with one attached hydrogen (secondary N) is 2. The van der Waals surface area contributed by atoms with Crippen LogP contribution in [-0.4, -0.2) is 37.9 Å². The summed E-state index contributed by atoms with van der Waals surface area (Å²) >= 11 is 0. The van der Waals surface area contributed by atoms with Crippen LogP contribution >= 0.6 is 0 Å². The molecule has 7 heteroatoms. The van der Waals surface area contributed by atoms with E-state index >= 15 is 0 Å². The van der Waals surface area contributed by atoms with Crippen LogP contribution in [0.5, 0.6) is 0 Å². The van der Waals surface area contributed by atoms with E-state index in [1.54, 1.807) is 6.92 Å². The molecule has 0 bridgehead atoms. The SMILES string of the molecule is CCNC(=O)CCNCC(F)(F)C(F)F. The van der Waals surface area contributed by atoms with Gasteiger partial charge in [0.1, 0.15) is 0 Å². The summed E-state index contributed by atoms with van der Waals surface area (Å²) in [6.45, 7) is 1.00. The van der Waals surface area contributed by atoms with Crippen molar-refractivity contribution in [3.63, 3.8) is 0 Å². The van der Waals surface area contributed by atoms with Crippen molar-refractivity contribution in [2.45, 2.75) is 25.7 Å². The van der Waals surface area contributed by atoms with Crippen molar-refractivity contribution in [3.05, 3.63) is 0 Å². The molecule has 0 saturated heterocycles. The van der Waals surface area contributed by atoms with E-state index < -0.39 is 18.9 Å². The van der Waals surface area contributed by atoms with Gasteiger partial charge in [-0.25, -0.2) is 8.78 Å². The normalized spacial score (nSPS) is 11.9. The maximum absolute atomic E-state index is 12.3. The molecule has 0 heterocycles. The fourth-order valence-electron chi connectivity index (χ4n) is 0.820. The Labute approximate surface area is 85.2 Å². The third-order valence-corrected chi connectivity index (χ3v) is 1.58. The predicted molar refractivity (Wildman–Crippen MR) is 47.1 cm³/mol. The van der Waals surface area contributed by atoms with Crippen LogP contribution in [0.15, 0.2) is 0 Å². The van der Waals surface area contributed by atoms with Gasteiger partial charge in [-0.2, -0.15) is 8.78 Å². The zero-order valence-corrected chi connectivity index (χ0v) is 8.33. The minimum atomic E-state index is -4.04. The molecule has 3 nitrogen and oxygen atoms in total. The molecule has 1 amide bonds. The number of rotatable bonds is 7. The summed E-state index contributed by atoms with van der Waals surface area (Å²) in [5.41, 5.74) is 0. The van der Waals surface area contributed by atoms with Gasteiger partial charge in [0.2, 0.25) is 5.91 Å². The number of carbonyl (C=O) groups is 1. The summed E-state index contributed by atoms with van der Waals surface area (Å²) in [5.74, 6) is -4.34. The first-order valence-electron chi connectivity index (χ1n) is 4.53. The molecule has 0 fully saturated rings. The van der Waals surface area contributed by atoms with Gasteiger partial charge in [0.25, 0.3) is 0 Å². The molecule has 0 aromatic rings. The first kappa shape index (κ1) is 14.2. The van der Waals surface area contributed by atoms with Crippen LogP contribution in [0.2, 0.25) is 0 Å². The van der Waals surface area contributed by atoms with Gasteiger partial charge in [0, 0.05) is 19.5 Å². The van der Waals surface area contributed by atoms with E-state index in [0.717, 1.165) is 0 Å². The lowest BCUT2D eigenvalue weighted by Crippen LogP contribution is -2.40. The van der Waals surface area contributed by atoms with Crippen LogP contribution in [0.25, 0.3) is 0 Å². The summed E-state index contributed by atoms with van der Waals surface area (Å²) < 4.78 is 47.9. The number of hydrogen-bond donors (Lipinski definition) is 2. The smallest absolute Gasteiger partial charge is 0.319 e. The van der Waals surface area contributed by atoms with E-state index in [-0.39, 0.29) is 18.9 Å². The Balaban J connectivity index is 3.58. The monoisotopic (exact) mass is 230 g/mol. The van der Waals surface area contributed by atoms with Crippen molar-refractivity contribution in [3.8, 4) is 0 Å². The van der Waals surface area contributed by atoms with E-state index in [9.17, 15) is 22.4 Å². The molecule has 0 saturated carbocycles. The maximum Gasteiger partial charge on any atom is 0.319 e. The Bertz CT molecular complexity index is 199. The van der Waals surface area contributed by atoms with Gasteiger partial charge in [-0.3, -0.25) is 4.79 Å². The highest BCUT2D eigenvalue weighted by Crippen LogP contribution is 2.21. The molecule has 0 aliphatic heterocycles. The highest BCUT2D eigenvalue weighted by atomic mass is 19.3. The summed E-state index contributed by atoms with van der Waals surface area (Å²) in [4.78, 5) is 10.8. The van der Waals surface area contributed by atoms with Gasteiger partial charge < -0.3 is 10.6 Å². The van der Waals surface area contributed by atoms with Crippen LogP contribution < -0.4 is 10.6 Å². The lowest BCUT2D eigenvalue weighted by molar-refractivity contribution is -0.126. The number of amides is 1. The molecule has 15 heavy (non-hydrogen) atoms. The minimum Gasteiger partial charge on any atom is -0.356 e. The third kappa shape index (κ3) is 6.27. The zero-order valence-electron chi connectivity index (χ0n) is 8.33. The Morgan fingerprint density at radius 2 is 2.00 bits per heavy atom. The summed E-state index contributed by atoms with van der Waals surface area (Å²) in [7, 11) is 0. The minimum absolute atomic E-state index is 0.00679. The molecule has 0 aromatic carbocycles. The van der Waals surface area contributed by atoms with Crippen molar-refractivity contribution >= 4 is 5.91 Å². The standard InChI is InChI=1S/C8H14F4N2O/c1-2-14-6(15)3-4-13-5-8(11,12)7(9)10/h7,13H,2-5H2,1H3,(H,14,15). The molecular weight excluding hydrogens is 216 g/mol. The molecule has 90 valence electrons. The third-order valence-electron chi connectivity index (χ3n) is 1.58. The van der Waals surface area contributed by atoms with Crippen molar-refractivity contribution in [2.24, 2.45) is 0 Å². The van der Waals surface area contributed by atoms with Gasteiger partial charge in [-0.05, 0) is 6.92 Å². The second-order valence-electron chi connectivity index (χ2n) is 2.94. The van der Waals surface area contributed by atoms with Crippen LogP contribution in [0, 0.1) is 0 Å². The fraction of sp³-hybridized carbons (Fsp3) is 0.875. The Hall–Kier alpha value is -0.850. The molecule has 0 rings (SSSR count). The van der Waals surface area contributed by atoms with Crippen molar-refractivity contribution in [1.29, 1.82) is 0 Å². The van der Waals surface area contributed by atoms with Gasteiger partial charge in [0.15, 0.2) is 0 Å². The van der Waals surface area contributed by atoms with E-state index in [1.165, 1.54) is 0 Å². The van der Waals surface area contributed by atoms with Crippen molar-refractivity contribution in [2.75, 3.05) is 19.6 Å². The van der Waals surface area contributed by atoms with E-state index in [2.05, 4.69) is 10.6 Å². The lowest BCUT2D eigenvalue weighted by atomic mass is 10.3. The van der Waals surface area contributed by atoms with Gasteiger partial charge in [-0.1, -0.05) is 0 Å². The molecule has 0 aliphatic rings. The number of alkyl halides is 4. The van der Waals surface area contributed by atoms with E-state index in [1.807, 2.05) is 0 Å². The zero-order chi connectivity index (χ0) is 11.9. The molecule has 0 unspecified atom stereocenters. The Kier molecular flexibility index (Phi) is 6.23. The van der Waals surface area contributed by atoms with Crippen LogP contribution in [0.1, 0.15) is 13.3 Å². The van der Waals surface area contributed by atoms with Gasteiger partial charge in [-0.15, -0.1) is 0 Å². The average molecular weight is 230 g/mol. The molecular formula is C8H14F4N2O.